The van der Waals surface area contributed by atoms with Gasteiger partial charge in [-0.2, -0.15) is 0 Å². The van der Waals surface area contributed by atoms with Crippen LogP contribution in [0.5, 0.6) is 0 Å². The molecule has 1 heterocycles. The van der Waals surface area contributed by atoms with E-state index in [-0.39, 0.29) is 18.1 Å². The molecule has 0 saturated carbocycles. The summed E-state index contributed by atoms with van der Waals surface area (Å²) in [6, 6.07) is 17.4. The first kappa shape index (κ1) is 17.9. The number of nitrogens with zero attached hydrogens (tertiary/aromatic N) is 2. The number of carbonyl (C=O) groups excluding carboxylic acids is 1. The molecule has 0 N–H and O–H groups in total. The highest BCUT2D eigenvalue weighted by molar-refractivity contribution is 6.30. The fourth-order valence-electron chi connectivity index (χ4n) is 3.17. The second kappa shape index (κ2) is 8.00. The van der Waals surface area contributed by atoms with Gasteiger partial charge in [0.15, 0.2) is 0 Å². The average molecular weight is 359 g/mol. The minimum atomic E-state index is -0.296. The van der Waals surface area contributed by atoms with Crippen molar-refractivity contribution in [3.05, 3.63) is 70.7 Å². The number of carbonyl (C=O) groups is 1. The fourth-order valence-corrected chi connectivity index (χ4v) is 3.30. The zero-order chi connectivity index (χ0) is 17.8. The molecule has 2 aromatic rings. The number of likely N-dealkylation sites (N-methyl/N-ethyl adjacent to an activating group) is 1. The Morgan fingerprint density at radius 1 is 1.16 bits per heavy atom. The van der Waals surface area contributed by atoms with Gasteiger partial charge in [-0.3, -0.25) is 9.69 Å². The molecule has 0 radical (unpaired) electrons. The highest BCUT2D eigenvalue weighted by atomic mass is 35.5. The van der Waals surface area contributed by atoms with Gasteiger partial charge in [0.05, 0.1) is 12.7 Å². The molecule has 1 aliphatic heterocycles. The van der Waals surface area contributed by atoms with Gasteiger partial charge in [-0.25, -0.2) is 0 Å². The summed E-state index contributed by atoms with van der Waals surface area (Å²) < 4.78 is 5.95. The van der Waals surface area contributed by atoms with Gasteiger partial charge in [-0.1, -0.05) is 54.1 Å². The van der Waals surface area contributed by atoms with Gasteiger partial charge in [-0.15, -0.1) is 0 Å². The molecule has 1 aliphatic rings. The van der Waals surface area contributed by atoms with Crippen LogP contribution in [0.3, 0.4) is 0 Å². The molecule has 0 aliphatic carbocycles. The van der Waals surface area contributed by atoms with E-state index in [1.165, 1.54) is 0 Å². The number of hydrogen-bond acceptors (Lipinski definition) is 3. The monoisotopic (exact) mass is 358 g/mol. The molecule has 4 nitrogen and oxygen atoms in total. The molecule has 3 rings (SSSR count). The smallest absolute Gasteiger partial charge is 0.244 e. The summed E-state index contributed by atoms with van der Waals surface area (Å²) in [6.45, 7) is 1.99. The van der Waals surface area contributed by atoms with Crippen molar-refractivity contribution < 1.29 is 9.53 Å². The van der Waals surface area contributed by atoms with Crippen molar-refractivity contribution in [3.63, 3.8) is 0 Å². The number of halogens is 1. The van der Waals surface area contributed by atoms with Gasteiger partial charge in [0, 0.05) is 32.2 Å². The standard InChI is InChI=1S/C20H23ClN2O2/c1-22(2)20(24)19(16-6-4-3-5-7-16)23-12-13-25-18(14-23)15-8-10-17(21)11-9-15/h3-11,18-19H,12-14H2,1-2H3. The van der Waals surface area contributed by atoms with Crippen molar-refractivity contribution in [2.24, 2.45) is 0 Å². The maximum Gasteiger partial charge on any atom is 0.244 e. The number of benzene rings is 2. The van der Waals surface area contributed by atoms with Crippen molar-refractivity contribution in [3.8, 4) is 0 Å². The molecule has 5 heteroatoms. The Balaban J connectivity index is 1.85. The normalized spacial score (nSPS) is 19.4. The molecule has 1 amide bonds. The van der Waals surface area contributed by atoms with Gasteiger partial charge >= 0.3 is 0 Å². The topological polar surface area (TPSA) is 32.8 Å². The zero-order valence-electron chi connectivity index (χ0n) is 14.6. The second-order valence-corrected chi connectivity index (χ2v) is 6.89. The SMILES string of the molecule is CN(C)C(=O)C(c1ccccc1)N1CCOC(c2ccc(Cl)cc2)C1. The summed E-state index contributed by atoms with van der Waals surface area (Å²) in [5.41, 5.74) is 2.09. The van der Waals surface area contributed by atoms with Crippen LogP contribution in [0.15, 0.2) is 54.6 Å². The third kappa shape index (κ3) is 4.21. The summed E-state index contributed by atoms with van der Waals surface area (Å²) in [5.74, 6) is 0.0861. The molecular formula is C20H23ClN2O2. The van der Waals surface area contributed by atoms with E-state index in [0.717, 1.165) is 17.7 Å². The van der Waals surface area contributed by atoms with E-state index in [9.17, 15) is 4.79 Å². The lowest BCUT2D eigenvalue weighted by atomic mass is 10.0. The molecule has 25 heavy (non-hydrogen) atoms. The number of hydrogen-bond donors (Lipinski definition) is 0. The predicted molar refractivity (Wildman–Crippen MR) is 99.6 cm³/mol. The number of rotatable bonds is 4. The van der Waals surface area contributed by atoms with E-state index in [1.54, 1.807) is 19.0 Å². The zero-order valence-corrected chi connectivity index (χ0v) is 15.3. The van der Waals surface area contributed by atoms with E-state index >= 15 is 0 Å². The Morgan fingerprint density at radius 3 is 2.48 bits per heavy atom. The van der Waals surface area contributed by atoms with Gasteiger partial charge in [0.2, 0.25) is 5.91 Å². The Kier molecular flexibility index (Phi) is 5.74. The van der Waals surface area contributed by atoms with Crippen molar-refractivity contribution in [1.29, 1.82) is 0 Å². The average Bonchev–Trinajstić information content (AvgIpc) is 2.63. The second-order valence-electron chi connectivity index (χ2n) is 6.45. The van der Waals surface area contributed by atoms with Crippen LogP contribution < -0.4 is 0 Å². The summed E-state index contributed by atoms with van der Waals surface area (Å²) >= 11 is 5.98. The molecule has 0 aromatic heterocycles. The number of morpholine rings is 1. The van der Waals surface area contributed by atoms with E-state index < -0.39 is 0 Å². The quantitative estimate of drug-likeness (QED) is 0.838. The third-order valence-electron chi connectivity index (χ3n) is 4.49. The minimum Gasteiger partial charge on any atom is -0.371 e. The summed E-state index contributed by atoms with van der Waals surface area (Å²) in [4.78, 5) is 16.7. The van der Waals surface area contributed by atoms with Crippen LogP contribution in [0.4, 0.5) is 0 Å². The maximum atomic E-state index is 12.9. The largest absolute Gasteiger partial charge is 0.371 e. The van der Waals surface area contributed by atoms with Crippen LogP contribution >= 0.6 is 11.6 Å². The van der Waals surface area contributed by atoms with Crippen LogP contribution in [0.1, 0.15) is 23.3 Å². The third-order valence-corrected chi connectivity index (χ3v) is 4.75. The predicted octanol–water partition coefficient (Wildman–Crippen LogP) is 3.54. The van der Waals surface area contributed by atoms with E-state index in [1.807, 2.05) is 54.6 Å². The Labute approximate surface area is 154 Å². The minimum absolute atomic E-state index is 0.0628. The van der Waals surface area contributed by atoms with Gasteiger partial charge < -0.3 is 9.64 Å². The van der Waals surface area contributed by atoms with Crippen molar-refractivity contribution >= 4 is 17.5 Å². The molecule has 2 unspecified atom stereocenters. The van der Waals surface area contributed by atoms with Crippen molar-refractivity contribution in [1.82, 2.24) is 9.80 Å². The van der Waals surface area contributed by atoms with Crippen molar-refractivity contribution in [2.45, 2.75) is 12.1 Å². The molecule has 2 aromatic carbocycles. The van der Waals surface area contributed by atoms with Crippen LogP contribution in [0.25, 0.3) is 0 Å². The molecule has 1 saturated heterocycles. The van der Waals surface area contributed by atoms with Gasteiger partial charge in [0.25, 0.3) is 0 Å². The number of ether oxygens (including phenoxy) is 1. The van der Waals surface area contributed by atoms with E-state index in [4.69, 9.17) is 16.3 Å². The fraction of sp³-hybridized carbons (Fsp3) is 0.350. The molecular weight excluding hydrogens is 336 g/mol. The lowest BCUT2D eigenvalue weighted by molar-refractivity contribution is -0.138. The molecule has 132 valence electrons. The highest BCUT2D eigenvalue weighted by Gasteiger charge is 2.33. The van der Waals surface area contributed by atoms with Crippen LogP contribution in [0.2, 0.25) is 5.02 Å². The summed E-state index contributed by atoms with van der Waals surface area (Å²) in [5, 5.41) is 0.710. The summed E-state index contributed by atoms with van der Waals surface area (Å²) in [6.07, 6.45) is -0.0628. The highest BCUT2D eigenvalue weighted by Crippen LogP contribution is 2.30. The van der Waals surface area contributed by atoms with Crippen LogP contribution in [0, 0.1) is 0 Å². The maximum absolute atomic E-state index is 12.9. The van der Waals surface area contributed by atoms with Gasteiger partial charge in [-0.05, 0) is 23.3 Å². The van der Waals surface area contributed by atoms with Crippen molar-refractivity contribution in [2.75, 3.05) is 33.8 Å². The number of amides is 1. The van der Waals surface area contributed by atoms with E-state index in [0.29, 0.717) is 18.2 Å². The Morgan fingerprint density at radius 2 is 1.84 bits per heavy atom. The first-order valence-electron chi connectivity index (χ1n) is 8.43. The lowest BCUT2D eigenvalue weighted by Crippen LogP contribution is -2.46. The lowest BCUT2D eigenvalue weighted by Gasteiger charge is -2.38. The molecule has 0 spiro atoms. The first-order valence-corrected chi connectivity index (χ1v) is 8.81. The Hall–Kier alpha value is -1.88. The molecule has 0 bridgehead atoms. The summed E-state index contributed by atoms with van der Waals surface area (Å²) in [7, 11) is 3.60. The van der Waals surface area contributed by atoms with Crippen LogP contribution in [-0.2, 0) is 9.53 Å². The van der Waals surface area contributed by atoms with Crippen LogP contribution in [-0.4, -0.2) is 49.5 Å². The van der Waals surface area contributed by atoms with Gasteiger partial charge in [0.1, 0.15) is 6.04 Å². The molecule has 2 atom stereocenters. The molecule has 1 fully saturated rings. The first-order chi connectivity index (χ1) is 12.1. The Bertz CT molecular complexity index is 703. The van der Waals surface area contributed by atoms with E-state index in [2.05, 4.69) is 4.90 Å².